The Morgan fingerprint density at radius 2 is 1.85 bits per heavy atom. The molecule has 4 fully saturated rings. The van der Waals surface area contributed by atoms with Gasteiger partial charge in [-0.2, -0.15) is 13.2 Å². The van der Waals surface area contributed by atoms with Crippen molar-refractivity contribution in [2.24, 2.45) is 11.3 Å². The first-order valence-electron chi connectivity index (χ1n) is 12.2. The van der Waals surface area contributed by atoms with Crippen LogP contribution in [0.2, 0.25) is 0 Å². The largest absolute Gasteiger partial charge is 0.389 e. The van der Waals surface area contributed by atoms with Crippen LogP contribution >= 0.6 is 0 Å². The fraction of sp³-hybridized carbons (Fsp3) is 0.913. The van der Waals surface area contributed by atoms with E-state index in [1.165, 1.54) is 4.90 Å². The number of rotatable bonds is 6. The molecule has 0 radical (unpaired) electrons. The minimum absolute atomic E-state index is 0.0675. The van der Waals surface area contributed by atoms with E-state index in [-0.39, 0.29) is 42.6 Å². The predicted molar refractivity (Wildman–Crippen MR) is 113 cm³/mol. The van der Waals surface area contributed by atoms with Gasteiger partial charge in [-0.3, -0.25) is 9.59 Å². The Balaban J connectivity index is 1.36. The number of ether oxygens (including phenoxy) is 1. The van der Waals surface area contributed by atoms with Crippen LogP contribution in [-0.4, -0.2) is 84.4 Å². The topological polar surface area (TPSA) is 61.9 Å². The van der Waals surface area contributed by atoms with Gasteiger partial charge in [0.05, 0.1) is 30.5 Å². The van der Waals surface area contributed by atoms with Crippen molar-refractivity contribution in [1.29, 1.82) is 0 Å². The summed E-state index contributed by atoms with van der Waals surface area (Å²) in [7, 11) is 0. The lowest BCUT2D eigenvalue weighted by Gasteiger charge is -2.41. The number of alkyl halides is 4. The highest BCUT2D eigenvalue weighted by molar-refractivity contribution is 5.85. The quantitative estimate of drug-likeness (QED) is 0.598. The zero-order valence-corrected chi connectivity index (χ0v) is 19.4. The minimum atomic E-state index is -4.35. The Kier molecular flexibility index (Phi) is 6.98. The van der Waals surface area contributed by atoms with Gasteiger partial charge in [0.25, 0.3) is 0 Å². The van der Waals surface area contributed by atoms with Crippen LogP contribution in [0.25, 0.3) is 0 Å². The van der Waals surface area contributed by atoms with Gasteiger partial charge in [0.2, 0.25) is 11.8 Å². The molecule has 2 bridgehead atoms. The standard InChI is InChI=1S/C23H35F4N3O3/c1-14(2)22(6-3-15(10-22)28-19-5-8-33-13-18(19)24)21(32)30-12-16-9-17(30)11-29(16)20(31)4-7-23(25,26)27/h14-19,28H,3-13H2,1-2H3/t15-,16-,17+,18?,19?,22+/m1/s1. The van der Waals surface area contributed by atoms with Crippen molar-refractivity contribution in [3.63, 3.8) is 0 Å². The van der Waals surface area contributed by atoms with Crippen molar-refractivity contribution < 1.29 is 31.9 Å². The van der Waals surface area contributed by atoms with Crippen molar-refractivity contribution in [2.75, 3.05) is 26.3 Å². The number of hydrogen-bond donors (Lipinski definition) is 1. The third-order valence-corrected chi connectivity index (χ3v) is 8.26. The normalized spacial score (nSPS) is 36.8. The average Bonchev–Trinajstić information content (AvgIpc) is 3.47. The number of amides is 2. The lowest BCUT2D eigenvalue weighted by Crippen LogP contribution is -2.55. The Hall–Kier alpha value is -1.42. The van der Waals surface area contributed by atoms with Gasteiger partial charge in [-0.25, -0.2) is 4.39 Å². The third-order valence-electron chi connectivity index (χ3n) is 8.26. The summed E-state index contributed by atoms with van der Waals surface area (Å²) in [6.45, 7) is 5.44. The maximum Gasteiger partial charge on any atom is 0.389 e. The van der Waals surface area contributed by atoms with E-state index in [1.807, 2.05) is 18.7 Å². The van der Waals surface area contributed by atoms with Crippen LogP contribution in [0.1, 0.15) is 58.8 Å². The molecule has 3 heterocycles. The van der Waals surface area contributed by atoms with E-state index in [9.17, 15) is 27.2 Å². The number of carbonyl (C=O) groups excluding carboxylic acids is 2. The SMILES string of the molecule is CC(C)[C@]1(C(=O)N2C[C@H]3C[C@H]2CN3C(=O)CCC(F)(F)F)CC[C@@H](NC2CCOCC2F)C1. The molecule has 0 aromatic rings. The van der Waals surface area contributed by atoms with E-state index in [0.29, 0.717) is 39.0 Å². The minimum Gasteiger partial charge on any atom is -0.378 e. The van der Waals surface area contributed by atoms with E-state index in [1.54, 1.807) is 0 Å². The molecule has 6 atom stereocenters. The zero-order valence-electron chi connectivity index (χ0n) is 19.4. The molecule has 0 aromatic heterocycles. The van der Waals surface area contributed by atoms with Crippen molar-refractivity contribution in [2.45, 2.75) is 95.3 Å². The third kappa shape index (κ3) is 5.01. The molecule has 1 N–H and O–H groups in total. The van der Waals surface area contributed by atoms with Crippen LogP contribution in [0.4, 0.5) is 17.6 Å². The fourth-order valence-corrected chi connectivity index (χ4v) is 6.28. The molecule has 0 spiro atoms. The van der Waals surface area contributed by atoms with E-state index in [0.717, 1.165) is 12.8 Å². The zero-order chi connectivity index (χ0) is 24.0. The summed E-state index contributed by atoms with van der Waals surface area (Å²) < 4.78 is 56.9. The first-order valence-corrected chi connectivity index (χ1v) is 12.2. The Morgan fingerprint density at radius 1 is 1.15 bits per heavy atom. The number of carbonyl (C=O) groups is 2. The number of hydrogen-bond acceptors (Lipinski definition) is 4. The molecule has 4 rings (SSSR count). The molecular weight excluding hydrogens is 442 g/mol. The highest BCUT2D eigenvalue weighted by atomic mass is 19.4. The Bertz CT molecular complexity index is 749. The number of nitrogens with zero attached hydrogens (tertiary/aromatic N) is 2. The molecule has 3 saturated heterocycles. The Morgan fingerprint density at radius 3 is 2.45 bits per heavy atom. The van der Waals surface area contributed by atoms with Crippen LogP contribution in [0.15, 0.2) is 0 Å². The predicted octanol–water partition coefficient (Wildman–Crippen LogP) is 3.05. The molecule has 33 heavy (non-hydrogen) atoms. The fourth-order valence-electron chi connectivity index (χ4n) is 6.28. The number of halogens is 4. The molecule has 0 aromatic carbocycles. The molecule has 188 valence electrons. The highest BCUT2D eigenvalue weighted by Crippen LogP contribution is 2.48. The molecule has 2 amide bonds. The van der Waals surface area contributed by atoms with Crippen LogP contribution in [0, 0.1) is 11.3 Å². The average molecular weight is 478 g/mol. The first-order chi connectivity index (χ1) is 15.5. The second-order valence-corrected chi connectivity index (χ2v) is 10.6. The van der Waals surface area contributed by atoms with Gasteiger partial charge in [-0.15, -0.1) is 0 Å². The maximum absolute atomic E-state index is 14.2. The molecule has 2 unspecified atom stereocenters. The number of piperazine rings is 1. The van der Waals surface area contributed by atoms with E-state index < -0.39 is 36.5 Å². The molecule has 3 aliphatic heterocycles. The summed E-state index contributed by atoms with van der Waals surface area (Å²) in [4.78, 5) is 29.5. The van der Waals surface area contributed by atoms with Gasteiger partial charge in [-0.05, 0) is 38.0 Å². The lowest BCUT2D eigenvalue weighted by atomic mass is 9.74. The maximum atomic E-state index is 14.2. The van der Waals surface area contributed by atoms with Gasteiger partial charge < -0.3 is 19.9 Å². The van der Waals surface area contributed by atoms with Gasteiger partial charge in [0.1, 0.15) is 6.17 Å². The molecule has 4 aliphatic rings. The van der Waals surface area contributed by atoms with Crippen molar-refractivity contribution >= 4 is 11.8 Å². The summed E-state index contributed by atoms with van der Waals surface area (Å²) in [6, 6.07) is -0.516. The summed E-state index contributed by atoms with van der Waals surface area (Å²) in [6.07, 6.45) is -3.61. The van der Waals surface area contributed by atoms with Crippen LogP contribution in [-0.2, 0) is 14.3 Å². The summed E-state index contributed by atoms with van der Waals surface area (Å²) in [5, 5.41) is 3.43. The van der Waals surface area contributed by atoms with Crippen molar-refractivity contribution in [3.05, 3.63) is 0 Å². The van der Waals surface area contributed by atoms with Gasteiger partial charge >= 0.3 is 6.18 Å². The van der Waals surface area contributed by atoms with E-state index in [4.69, 9.17) is 4.74 Å². The second-order valence-electron chi connectivity index (χ2n) is 10.6. The summed E-state index contributed by atoms with van der Waals surface area (Å²) in [5.74, 6) is -0.287. The smallest absolute Gasteiger partial charge is 0.378 e. The van der Waals surface area contributed by atoms with Gasteiger partial charge in [-0.1, -0.05) is 13.8 Å². The molecule has 6 nitrogen and oxygen atoms in total. The number of likely N-dealkylation sites (tertiary alicyclic amines) is 2. The van der Waals surface area contributed by atoms with E-state index in [2.05, 4.69) is 5.32 Å². The van der Waals surface area contributed by atoms with Crippen LogP contribution in [0.5, 0.6) is 0 Å². The van der Waals surface area contributed by atoms with Gasteiger partial charge in [0.15, 0.2) is 0 Å². The Labute approximate surface area is 192 Å². The molecular formula is C23H35F4N3O3. The highest BCUT2D eigenvalue weighted by Gasteiger charge is 2.55. The van der Waals surface area contributed by atoms with E-state index >= 15 is 0 Å². The molecule has 10 heteroatoms. The van der Waals surface area contributed by atoms with Crippen molar-refractivity contribution in [1.82, 2.24) is 15.1 Å². The lowest BCUT2D eigenvalue weighted by molar-refractivity contribution is -0.153. The summed E-state index contributed by atoms with van der Waals surface area (Å²) in [5.41, 5.74) is -0.537. The first kappa shape index (κ1) is 24.7. The van der Waals surface area contributed by atoms with Crippen molar-refractivity contribution in [3.8, 4) is 0 Å². The van der Waals surface area contributed by atoms with Gasteiger partial charge in [0, 0.05) is 38.2 Å². The van der Waals surface area contributed by atoms with Crippen LogP contribution in [0.3, 0.4) is 0 Å². The second kappa shape index (κ2) is 9.32. The number of nitrogens with one attached hydrogen (secondary N) is 1. The summed E-state index contributed by atoms with van der Waals surface area (Å²) >= 11 is 0. The molecule has 1 aliphatic carbocycles. The monoisotopic (exact) mass is 477 g/mol. The van der Waals surface area contributed by atoms with Crippen LogP contribution < -0.4 is 5.32 Å². The number of fused-ring (bicyclic) bond motifs is 2. The molecule has 1 saturated carbocycles.